The van der Waals surface area contributed by atoms with Gasteiger partial charge in [-0.15, -0.1) is 11.3 Å². The number of nitro benzene ring substituents is 2. The monoisotopic (exact) mass is 419 g/mol. The number of fused-ring (bicyclic) bond motifs is 1. The molecule has 0 fully saturated rings. The molecule has 29 heavy (non-hydrogen) atoms. The number of non-ortho nitro benzene ring substituents is 2. The van der Waals surface area contributed by atoms with Crippen LogP contribution in [0.5, 0.6) is 0 Å². The molecule has 0 bridgehead atoms. The van der Waals surface area contributed by atoms with Gasteiger partial charge in [0.1, 0.15) is 5.00 Å². The summed E-state index contributed by atoms with van der Waals surface area (Å²) in [4.78, 5) is 46.5. The van der Waals surface area contributed by atoms with Crippen LogP contribution >= 0.6 is 11.3 Å². The van der Waals surface area contributed by atoms with Gasteiger partial charge in [0.05, 0.1) is 34.1 Å². The van der Waals surface area contributed by atoms with E-state index in [0.29, 0.717) is 6.42 Å². The van der Waals surface area contributed by atoms with Crippen LogP contribution in [-0.2, 0) is 17.6 Å². The first kappa shape index (κ1) is 20.4. The molecule has 0 unspecified atom stereocenters. The third-order valence-electron chi connectivity index (χ3n) is 4.62. The van der Waals surface area contributed by atoms with Gasteiger partial charge in [0.2, 0.25) is 0 Å². The van der Waals surface area contributed by atoms with Crippen LogP contribution < -0.4 is 5.32 Å². The predicted octanol–water partition coefficient (Wildman–Crippen LogP) is 3.87. The van der Waals surface area contributed by atoms with Crippen LogP contribution in [0.1, 0.15) is 50.4 Å². The fourth-order valence-electron chi connectivity index (χ4n) is 3.26. The van der Waals surface area contributed by atoms with E-state index >= 15 is 0 Å². The Kier molecular flexibility index (Phi) is 5.87. The molecular formula is C18H17N3O7S. The number of nitrogens with one attached hydrogen (secondary N) is 1. The van der Waals surface area contributed by atoms with Crippen molar-refractivity contribution in [1.29, 1.82) is 0 Å². The maximum atomic E-state index is 12.7. The number of methoxy groups -OCH3 is 1. The number of anilines is 1. The Morgan fingerprint density at radius 3 is 2.24 bits per heavy atom. The quantitative estimate of drug-likeness (QED) is 0.335. The van der Waals surface area contributed by atoms with Crippen LogP contribution in [0.3, 0.4) is 0 Å². The van der Waals surface area contributed by atoms with Crippen molar-refractivity contribution in [3.05, 3.63) is 60.0 Å². The number of esters is 1. The van der Waals surface area contributed by atoms with E-state index in [0.717, 1.165) is 54.3 Å². The van der Waals surface area contributed by atoms with Gasteiger partial charge in [0, 0.05) is 17.0 Å². The van der Waals surface area contributed by atoms with Crippen molar-refractivity contribution in [1.82, 2.24) is 0 Å². The number of rotatable bonds is 5. The van der Waals surface area contributed by atoms with Crippen LogP contribution in [-0.4, -0.2) is 28.8 Å². The smallest absolute Gasteiger partial charge is 0.341 e. The molecule has 0 radical (unpaired) electrons. The van der Waals surface area contributed by atoms with E-state index in [4.69, 9.17) is 4.74 Å². The first-order valence-corrected chi connectivity index (χ1v) is 9.61. The molecule has 0 saturated carbocycles. The van der Waals surface area contributed by atoms with Crippen molar-refractivity contribution in [3.8, 4) is 0 Å². The lowest BCUT2D eigenvalue weighted by Crippen LogP contribution is -2.15. The minimum Gasteiger partial charge on any atom is -0.465 e. The fraction of sp³-hybridized carbons (Fsp3) is 0.333. The van der Waals surface area contributed by atoms with Crippen LogP contribution in [0.25, 0.3) is 0 Å². The van der Waals surface area contributed by atoms with Crippen molar-refractivity contribution in [2.24, 2.45) is 0 Å². The molecule has 1 aliphatic rings. The van der Waals surface area contributed by atoms with Crippen molar-refractivity contribution < 1.29 is 24.2 Å². The number of ether oxygens (including phenoxy) is 1. The van der Waals surface area contributed by atoms with Gasteiger partial charge in [-0.2, -0.15) is 0 Å². The summed E-state index contributed by atoms with van der Waals surface area (Å²) in [5, 5.41) is 25.0. The van der Waals surface area contributed by atoms with E-state index in [1.54, 1.807) is 0 Å². The molecule has 10 nitrogen and oxygen atoms in total. The minimum atomic E-state index is -0.809. The average molecular weight is 419 g/mol. The van der Waals surface area contributed by atoms with Gasteiger partial charge in [-0.25, -0.2) is 4.79 Å². The number of amides is 1. The number of thiophene rings is 1. The number of carbonyl (C=O) groups excluding carboxylic acids is 2. The van der Waals surface area contributed by atoms with Crippen molar-refractivity contribution >= 4 is 39.6 Å². The Labute approximate surface area is 168 Å². The minimum absolute atomic E-state index is 0.245. The fourth-order valence-corrected chi connectivity index (χ4v) is 4.53. The number of hydrogen-bond acceptors (Lipinski definition) is 8. The number of nitrogens with zero attached hydrogens (tertiary/aromatic N) is 2. The molecule has 1 amide bonds. The zero-order valence-corrected chi connectivity index (χ0v) is 16.2. The van der Waals surface area contributed by atoms with Crippen LogP contribution in [0.2, 0.25) is 0 Å². The lowest BCUT2D eigenvalue weighted by atomic mass is 10.1. The highest BCUT2D eigenvalue weighted by molar-refractivity contribution is 7.17. The summed E-state index contributed by atoms with van der Waals surface area (Å²) in [6, 6.07) is 2.70. The lowest BCUT2D eigenvalue weighted by molar-refractivity contribution is -0.394. The summed E-state index contributed by atoms with van der Waals surface area (Å²) in [5.41, 5.74) is -0.258. The molecule has 3 rings (SSSR count). The summed E-state index contributed by atoms with van der Waals surface area (Å²) in [7, 11) is 1.25. The SMILES string of the molecule is COC(=O)c1c(NC(=O)c2cc([N+](=O)[O-])cc([N+](=O)[O-])c2)sc2c1CCCCC2. The predicted molar refractivity (Wildman–Crippen MR) is 105 cm³/mol. The van der Waals surface area contributed by atoms with E-state index in [2.05, 4.69) is 5.32 Å². The number of carbonyl (C=O) groups is 2. The summed E-state index contributed by atoms with van der Waals surface area (Å²) >= 11 is 1.26. The van der Waals surface area contributed by atoms with Gasteiger partial charge in [-0.1, -0.05) is 6.42 Å². The van der Waals surface area contributed by atoms with Crippen molar-refractivity contribution in [3.63, 3.8) is 0 Å². The molecule has 11 heteroatoms. The normalized spacial score (nSPS) is 13.1. The highest BCUT2D eigenvalue weighted by Gasteiger charge is 2.27. The van der Waals surface area contributed by atoms with Crippen LogP contribution in [0, 0.1) is 20.2 Å². The third-order valence-corrected chi connectivity index (χ3v) is 5.83. The topological polar surface area (TPSA) is 142 Å². The number of aryl methyl sites for hydroxylation is 1. The van der Waals surface area contributed by atoms with Gasteiger partial charge in [0.25, 0.3) is 17.3 Å². The molecule has 1 aliphatic carbocycles. The van der Waals surface area contributed by atoms with E-state index in [1.165, 1.54) is 18.4 Å². The van der Waals surface area contributed by atoms with Crippen molar-refractivity contribution in [2.75, 3.05) is 12.4 Å². The summed E-state index contributed by atoms with van der Waals surface area (Å²) in [5.74, 6) is -1.36. The standard InChI is InChI=1S/C18H17N3O7S/c1-28-18(23)15-13-5-3-2-4-6-14(13)29-17(15)19-16(22)10-7-11(20(24)25)9-12(8-10)21(26)27/h7-9H,2-6H2,1H3,(H,19,22). The molecule has 1 N–H and O–H groups in total. The van der Waals surface area contributed by atoms with E-state index in [9.17, 15) is 29.8 Å². The zero-order valence-electron chi connectivity index (χ0n) is 15.4. The Balaban J connectivity index is 2.00. The second kappa shape index (κ2) is 8.35. The second-order valence-corrected chi connectivity index (χ2v) is 7.57. The highest BCUT2D eigenvalue weighted by atomic mass is 32.1. The maximum Gasteiger partial charge on any atom is 0.341 e. The largest absolute Gasteiger partial charge is 0.465 e. The van der Waals surface area contributed by atoms with Gasteiger partial charge in [-0.05, 0) is 31.2 Å². The van der Waals surface area contributed by atoms with E-state index in [1.807, 2.05) is 0 Å². The van der Waals surface area contributed by atoms with E-state index < -0.39 is 33.1 Å². The highest BCUT2D eigenvalue weighted by Crippen LogP contribution is 2.38. The Morgan fingerprint density at radius 1 is 1.03 bits per heavy atom. The van der Waals surface area contributed by atoms with E-state index in [-0.39, 0.29) is 16.1 Å². The van der Waals surface area contributed by atoms with Gasteiger partial charge in [-0.3, -0.25) is 25.0 Å². The molecule has 0 spiro atoms. The lowest BCUT2D eigenvalue weighted by Gasteiger charge is -2.07. The number of hydrogen-bond donors (Lipinski definition) is 1. The Hall–Kier alpha value is -3.34. The molecular weight excluding hydrogens is 402 g/mol. The van der Waals surface area contributed by atoms with Gasteiger partial charge in [0.15, 0.2) is 0 Å². The maximum absolute atomic E-state index is 12.7. The summed E-state index contributed by atoms with van der Waals surface area (Å²) in [6.45, 7) is 0. The zero-order chi connectivity index (χ0) is 21.1. The molecule has 0 aliphatic heterocycles. The second-order valence-electron chi connectivity index (χ2n) is 6.47. The average Bonchev–Trinajstić information content (AvgIpc) is 2.87. The Morgan fingerprint density at radius 2 is 1.66 bits per heavy atom. The molecule has 0 atom stereocenters. The van der Waals surface area contributed by atoms with Crippen LogP contribution in [0.4, 0.5) is 16.4 Å². The third kappa shape index (κ3) is 4.24. The molecule has 1 heterocycles. The number of benzene rings is 1. The molecule has 1 aromatic heterocycles. The molecule has 1 aromatic carbocycles. The Bertz CT molecular complexity index is 983. The molecule has 0 saturated heterocycles. The first-order valence-electron chi connectivity index (χ1n) is 8.80. The molecule has 2 aromatic rings. The molecule has 152 valence electrons. The van der Waals surface area contributed by atoms with Crippen molar-refractivity contribution in [2.45, 2.75) is 32.1 Å². The first-order chi connectivity index (χ1) is 13.8. The summed E-state index contributed by atoms with van der Waals surface area (Å²) in [6.07, 6.45) is 4.40. The van der Waals surface area contributed by atoms with Crippen LogP contribution in [0.15, 0.2) is 18.2 Å². The van der Waals surface area contributed by atoms with Gasteiger partial charge >= 0.3 is 5.97 Å². The summed E-state index contributed by atoms with van der Waals surface area (Å²) < 4.78 is 4.87. The number of nitro groups is 2. The van der Waals surface area contributed by atoms with Gasteiger partial charge < -0.3 is 10.1 Å².